The SMILES string of the molecule is Clc1ccc(CNc2cccc(C3NCNN3)c2)c(Br)c1. The van der Waals surface area contributed by atoms with Gasteiger partial charge < -0.3 is 5.32 Å². The van der Waals surface area contributed by atoms with Crippen LogP contribution in [0, 0.1) is 0 Å². The Labute approximate surface area is 137 Å². The fourth-order valence-corrected chi connectivity index (χ4v) is 3.07. The van der Waals surface area contributed by atoms with Gasteiger partial charge in [0, 0.05) is 21.7 Å². The zero-order chi connectivity index (χ0) is 14.7. The minimum atomic E-state index is 0.147. The Balaban J connectivity index is 1.68. The van der Waals surface area contributed by atoms with Gasteiger partial charge in [0.2, 0.25) is 0 Å². The Bertz CT molecular complexity index is 629. The molecule has 110 valence electrons. The van der Waals surface area contributed by atoms with E-state index < -0.39 is 0 Å². The van der Waals surface area contributed by atoms with E-state index in [0.29, 0.717) is 0 Å². The van der Waals surface area contributed by atoms with Crippen LogP contribution in [0.2, 0.25) is 5.02 Å². The number of nitrogens with one attached hydrogen (secondary N) is 4. The molecule has 0 spiro atoms. The number of halogens is 2. The molecule has 1 aliphatic rings. The van der Waals surface area contributed by atoms with Crippen LogP contribution in [0.25, 0.3) is 0 Å². The topological polar surface area (TPSA) is 48.1 Å². The third-order valence-electron chi connectivity index (χ3n) is 3.36. The largest absolute Gasteiger partial charge is 0.381 e. The first-order valence-corrected chi connectivity index (χ1v) is 7.89. The number of benzene rings is 2. The van der Waals surface area contributed by atoms with Crippen LogP contribution in [0.15, 0.2) is 46.9 Å². The maximum absolute atomic E-state index is 5.96. The molecular weight excluding hydrogens is 352 g/mol. The van der Waals surface area contributed by atoms with Gasteiger partial charge in [-0.15, -0.1) is 0 Å². The van der Waals surface area contributed by atoms with Crippen molar-refractivity contribution in [1.29, 1.82) is 0 Å². The van der Waals surface area contributed by atoms with Gasteiger partial charge >= 0.3 is 0 Å². The summed E-state index contributed by atoms with van der Waals surface area (Å²) < 4.78 is 1.02. The molecule has 1 unspecified atom stereocenters. The van der Waals surface area contributed by atoms with Gasteiger partial charge in [0.15, 0.2) is 0 Å². The third kappa shape index (κ3) is 3.75. The molecule has 0 aromatic heterocycles. The highest BCUT2D eigenvalue weighted by Crippen LogP contribution is 2.23. The molecule has 0 aliphatic carbocycles. The van der Waals surface area contributed by atoms with Crippen LogP contribution < -0.4 is 21.5 Å². The predicted molar refractivity (Wildman–Crippen MR) is 89.9 cm³/mol. The second-order valence-electron chi connectivity index (χ2n) is 4.85. The van der Waals surface area contributed by atoms with E-state index in [2.05, 4.69) is 61.7 Å². The lowest BCUT2D eigenvalue weighted by Crippen LogP contribution is -2.25. The lowest BCUT2D eigenvalue weighted by Gasteiger charge is -2.13. The van der Waals surface area contributed by atoms with Crippen molar-refractivity contribution < 1.29 is 0 Å². The van der Waals surface area contributed by atoms with E-state index in [-0.39, 0.29) is 6.17 Å². The average molecular weight is 368 g/mol. The predicted octanol–water partition coefficient (Wildman–Crippen LogP) is 3.37. The van der Waals surface area contributed by atoms with E-state index in [0.717, 1.165) is 28.4 Å². The fraction of sp³-hybridized carbons (Fsp3) is 0.200. The van der Waals surface area contributed by atoms with Crippen molar-refractivity contribution in [3.8, 4) is 0 Å². The molecule has 2 aromatic carbocycles. The Morgan fingerprint density at radius 2 is 2.14 bits per heavy atom. The molecule has 0 amide bonds. The Hall–Kier alpha value is -1.11. The molecule has 1 heterocycles. The summed E-state index contributed by atoms with van der Waals surface area (Å²) in [5, 5.41) is 7.49. The Kier molecular flexibility index (Phi) is 4.77. The molecule has 6 heteroatoms. The van der Waals surface area contributed by atoms with E-state index in [4.69, 9.17) is 11.6 Å². The van der Waals surface area contributed by atoms with Crippen LogP contribution in [-0.4, -0.2) is 6.67 Å². The van der Waals surface area contributed by atoms with Crippen LogP contribution >= 0.6 is 27.5 Å². The summed E-state index contributed by atoms with van der Waals surface area (Å²) in [6, 6.07) is 14.2. The van der Waals surface area contributed by atoms with E-state index in [1.54, 1.807) is 0 Å². The summed E-state index contributed by atoms with van der Waals surface area (Å²) in [6.07, 6.45) is 0.147. The highest BCUT2D eigenvalue weighted by molar-refractivity contribution is 9.10. The molecule has 4 nitrogen and oxygen atoms in total. The molecule has 3 rings (SSSR count). The summed E-state index contributed by atoms with van der Waals surface area (Å²) in [5.41, 5.74) is 9.69. The monoisotopic (exact) mass is 366 g/mol. The lowest BCUT2D eigenvalue weighted by atomic mass is 10.1. The lowest BCUT2D eigenvalue weighted by molar-refractivity contribution is 0.555. The van der Waals surface area contributed by atoms with Gasteiger partial charge in [0.05, 0.1) is 12.8 Å². The zero-order valence-corrected chi connectivity index (χ0v) is 13.6. The van der Waals surface area contributed by atoms with Crippen molar-refractivity contribution in [2.75, 3.05) is 12.0 Å². The van der Waals surface area contributed by atoms with Crippen molar-refractivity contribution in [1.82, 2.24) is 16.2 Å². The van der Waals surface area contributed by atoms with Crippen LogP contribution in [0.4, 0.5) is 5.69 Å². The molecular formula is C15H16BrClN4. The van der Waals surface area contributed by atoms with Gasteiger partial charge in [0.1, 0.15) is 0 Å². The summed E-state index contributed by atoms with van der Waals surface area (Å²) in [5.74, 6) is 0. The highest BCUT2D eigenvalue weighted by Gasteiger charge is 2.14. The maximum atomic E-state index is 5.96. The third-order valence-corrected chi connectivity index (χ3v) is 4.33. The van der Waals surface area contributed by atoms with Crippen LogP contribution in [-0.2, 0) is 6.54 Å². The van der Waals surface area contributed by atoms with Crippen molar-refractivity contribution in [2.45, 2.75) is 12.7 Å². The minimum absolute atomic E-state index is 0.147. The standard InChI is InChI=1S/C15H16BrClN4/c16-14-7-12(17)5-4-11(14)8-18-13-3-1-2-10(6-13)15-19-9-20-21-15/h1-7,15,18-21H,8-9H2. The number of anilines is 1. The number of hydrogen-bond acceptors (Lipinski definition) is 4. The van der Waals surface area contributed by atoms with Gasteiger partial charge in [-0.25, -0.2) is 10.9 Å². The Morgan fingerprint density at radius 1 is 1.24 bits per heavy atom. The maximum Gasteiger partial charge on any atom is 0.0974 e. The van der Waals surface area contributed by atoms with Gasteiger partial charge in [-0.2, -0.15) is 0 Å². The van der Waals surface area contributed by atoms with Crippen molar-refractivity contribution in [3.05, 3.63) is 63.1 Å². The second-order valence-corrected chi connectivity index (χ2v) is 6.14. The summed E-state index contributed by atoms with van der Waals surface area (Å²) >= 11 is 9.49. The fourth-order valence-electron chi connectivity index (χ4n) is 2.25. The minimum Gasteiger partial charge on any atom is -0.381 e. The van der Waals surface area contributed by atoms with Crippen LogP contribution in [0.5, 0.6) is 0 Å². The van der Waals surface area contributed by atoms with Gasteiger partial charge in [0.25, 0.3) is 0 Å². The molecule has 1 saturated heterocycles. The molecule has 4 N–H and O–H groups in total. The number of rotatable bonds is 4. The van der Waals surface area contributed by atoms with Crippen LogP contribution in [0.3, 0.4) is 0 Å². The van der Waals surface area contributed by atoms with E-state index in [1.807, 2.05) is 18.2 Å². The average Bonchev–Trinajstić information content (AvgIpc) is 3.01. The van der Waals surface area contributed by atoms with Crippen molar-refractivity contribution >= 4 is 33.2 Å². The molecule has 1 atom stereocenters. The molecule has 1 fully saturated rings. The molecule has 0 bridgehead atoms. The molecule has 1 aliphatic heterocycles. The number of hydrogen-bond donors (Lipinski definition) is 4. The second kappa shape index (κ2) is 6.77. The summed E-state index contributed by atoms with van der Waals surface area (Å²) in [4.78, 5) is 0. The van der Waals surface area contributed by atoms with Gasteiger partial charge in [-0.05, 0) is 35.4 Å². The van der Waals surface area contributed by atoms with Crippen LogP contribution in [0.1, 0.15) is 17.3 Å². The van der Waals surface area contributed by atoms with E-state index in [1.165, 1.54) is 11.1 Å². The van der Waals surface area contributed by atoms with Crippen molar-refractivity contribution in [2.24, 2.45) is 0 Å². The van der Waals surface area contributed by atoms with Gasteiger partial charge in [-0.3, -0.25) is 5.32 Å². The van der Waals surface area contributed by atoms with E-state index in [9.17, 15) is 0 Å². The summed E-state index contributed by atoms with van der Waals surface area (Å²) in [7, 11) is 0. The first-order valence-electron chi connectivity index (χ1n) is 6.72. The molecule has 2 aromatic rings. The number of hydrazine groups is 1. The Morgan fingerprint density at radius 3 is 2.90 bits per heavy atom. The van der Waals surface area contributed by atoms with E-state index >= 15 is 0 Å². The van der Waals surface area contributed by atoms with Gasteiger partial charge in [-0.1, -0.05) is 45.7 Å². The first-order chi connectivity index (χ1) is 10.2. The quantitative estimate of drug-likeness (QED) is 0.669. The molecule has 0 saturated carbocycles. The summed E-state index contributed by atoms with van der Waals surface area (Å²) in [6.45, 7) is 1.50. The zero-order valence-electron chi connectivity index (χ0n) is 11.3. The highest BCUT2D eigenvalue weighted by atomic mass is 79.9. The molecule has 0 radical (unpaired) electrons. The molecule has 21 heavy (non-hydrogen) atoms. The smallest absolute Gasteiger partial charge is 0.0974 e. The normalized spacial score (nSPS) is 17.9. The van der Waals surface area contributed by atoms with Crippen molar-refractivity contribution in [3.63, 3.8) is 0 Å². The first kappa shape index (κ1) is 14.8.